The van der Waals surface area contributed by atoms with Gasteiger partial charge in [0.15, 0.2) is 22.3 Å². The first-order valence-electron chi connectivity index (χ1n) is 7.90. The number of carbonyl (C=O) groups excluding carboxylic acids is 2. The quantitative estimate of drug-likeness (QED) is 0.507. The van der Waals surface area contributed by atoms with Gasteiger partial charge in [-0.3, -0.25) is 4.79 Å². The van der Waals surface area contributed by atoms with Crippen molar-refractivity contribution in [2.75, 3.05) is 26.6 Å². The molecule has 0 fully saturated rings. The molecule has 1 heterocycles. The highest BCUT2D eigenvalue weighted by Crippen LogP contribution is 2.27. The van der Waals surface area contributed by atoms with Crippen LogP contribution in [0.1, 0.15) is 23.0 Å². The topological polar surface area (TPSA) is 103 Å². The van der Waals surface area contributed by atoms with Gasteiger partial charge in [-0.05, 0) is 24.6 Å². The lowest BCUT2D eigenvalue weighted by molar-refractivity contribution is -0.118. The van der Waals surface area contributed by atoms with Crippen LogP contribution in [-0.4, -0.2) is 48.4 Å². The number of amides is 1. The zero-order valence-electron chi connectivity index (χ0n) is 14.8. The largest absolute Gasteiger partial charge is 0.493 e. The van der Waals surface area contributed by atoms with E-state index in [1.807, 2.05) is 12.1 Å². The zero-order valence-corrected chi connectivity index (χ0v) is 15.6. The molecule has 0 spiro atoms. The standard InChI is InChI=1S/C17H21N3O5S/c1-4-25-16(22)12-9-19-17(20-12)26-10-15(21)18-8-11-5-6-13(23-2)14(7-11)24-3/h5-7,9H,4,8,10H2,1-3H3,(H,18,21)(H,19,20). The highest BCUT2D eigenvalue weighted by Gasteiger charge is 2.12. The van der Waals surface area contributed by atoms with Crippen LogP contribution in [0.25, 0.3) is 0 Å². The van der Waals surface area contributed by atoms with E-state index in [1.165, 1.54) is 18.0 Å². The van der Waals surface area contributed by atoms with Crippen molar-refractivity contribution >= 4 is 23.6 Å². The molecule has 8 nitrogen and oxygen atoms in total. The Bertz CT molecular complexity index is 763. The molecule has 0 aliphatic heterocycles. The third-order valence-corrected chi connectivity index (χ3v) is 4.21. The molecule has 0 saturated carbocycles. The molecule has 0 aliphatic rings. The van der Waals surface area contributed by atoms with Crippen molar-refractivity contribution in [2.45, 2.75) is 18.6 Å². The van der Waals surface area contributed by atoms with Crippen molar-refractivity contribution < 1.29 is 23.8 Å². The van der Waals surface area contributed by atoms with Crippen LogP contribution < -0.4 is 14.8 Å². The Balaban J connectivity index is 1.81. The molecular weight excluding hydrogens is 358 g/mol. The molecule has 0 unspecified atom stereocenters. The molecule has 0 saturated heterocycles. The summed E-state index contributed by atoms with van der Waals surface area (Å²) in [6, 6.07) is 5.45. The van der Waals surface area contributed by atoms with Gasteiger partial charge >= 0.3 is 5.97 Å². The molecule has 1 amide bonds. The van der Waals surface area contributed by atoms with Gasteiger partial charge in [-0.2, -0.15) is 0 Å². The summed E-state index contributed by atoms with van der Waals surface area (Å²) in [5, 5.41) is 3.30. The second-order valence-electron chi connectivity index (χ2n) is 5.07. The fourth-order valence-electron chi connectivity index (χ4n) is 2.06. The minimum atomic E-state index is -0.492. The van der Waals surface area contributed by atoms with Crippen molar-refractivity contribution in [3.63, 3.8) is 0 Å². The predicted molar refractivity (Wildman–Crippen MR) is 96.7 cm³/mol. The number of hydrogen-bond donors (Lipinski definition) is 2. The molecule has 9 heteroatoms. The maximum Gasteiger partial charge on any atom is 0.358 e. The Kier molecular flexibility index (Phi) is 7.34. The summed E-state index contributed by atoms with van der Waals surface area (Å²) in [7, 11) is 3.13. The molecular formula is C17H21N3O5S. The smallest absolute Gasteiger partial charge is 0.358 e. The average molecular weight is 379 g/mol. The summed E-state index contributed by atoms with van der Waals surface area (Å²) in [6.45, 7) is 2.38. The van der Waals surface area contributed by atoms with Gasteiger partial charge in [0.25, 0.3) is 0 Å². The number of benzene rings is 1. The Morgan fingerprint density at radius 3 is 2.69 bits per heavy atom. The molecule has 140 valence electrons. The first-order valence-corrected chi connectivity index (χ1v) is 8.88. The lowest BCUT2D eigenvalue weighted by Crippen LogP contribution is -2.24. The molecule has 2 rings (SSSR count). The predicted octanol–water partition coefficient (Wildman–Crippen LogP) is 2.01. The van der Waals surface area contributed by atoms with Crippen LogP contribution in [0, 0.1) is 0 Å². The van der Waals surface area contributed by atoms with E-state index in [4.69, 9.17) is 14.2 Å². The van der Waals surface area contributed by atoms with Gasteiger partial charge in [0.1, 0.15) is 0 Å². The van der Waals surface area contributed by atoms with Gasteiger partial charge in [-0.1, -0.05) is 17.8 Å². The van der Waals surface area contributed by atoms with Crippen LogP contribution in [0.3, 0.4) is 0 Å². The molecule has 0 radical (unpaired) electrons. The van der Waals surface area contributed by atoms with Crippen molar-refractivity contribution in [2.24, 2.45) is 0 Å². The number of nitrogens with one attached hydrogen (secondary N) is 2. The minimum Gasteiger partial charge on any atom is -0.493 e. The lowest BCUT2D eigenvalue weighted by Gasteiger charge is -2.10. The monoisotopic (exact) mass is 379 g/mol. The van der Waals surface area contributed by atoms with E-state index in [0.29, 0.717) is 23.2 Å². The minimum absolute atomic E-state index is 0.154. The summed E-state index contributed by atoms with van der Waals surface area (Å²) in [4.78, 5) is 30.5. The molecule has 2 aromatic rings. The first kappa shape index (κ1) is 19.6. The maximum atomic E-state index is 12.0. The van der Waals surface area contributed by atoms with Crippen LogP contribution in [-0.2, 0) is 16.1 Å². The summed E-state index contributed by atoms with van der Waals surface area (Å²) in [6.07, 6.45) is 1.46. The van der Waals surface area contributed by atoms with Crippen LogP contribution >= 0.6 is 11.8 Å². The normalized spacial score (nSPS) is 10.3. The fraction of sp³-hybridized carbons (Fsp3) is 0.353. The van der Waals surface area contributed by atoms with E-state index in [9.17, 15) is 9.59 Å². The van der Waals surface area contributed by atoms with Crippen LogP contribution in [0.15, 0.2) is 29.6 Å². The van der Waals surface area contributed by atoms with E-state index < -0.39 is 5.97 Å². The van der Waals surface area contributed by atoms with E-state index in [0.717, 1.165) is 5.56 Å². The number of hydrogen-bond acceptors (Lipinski definition) is 7. The van der Waals surface area contributed by atoms with Gasteiger partial charge in [0.05, 0.1) is 26.6 Å². The molecule has 26 heavy (non-hydrogen) atoms. The summed E-state index contributed by atoms with van der Waals surface area (Å²) in [5.74, 6) is 0.764. The average Bonchev–Trinajstić information content (AvgIpc) is 3.13. The number of nitrogens with zero attached hydrogens (tertiary/aromatic N) is 1. The number of rotatable bonds is 9. The number of carbonyl (C=O) groups is 2. The lowest BCUT2D eigenvalue weighted by atomic mass is 10.2. The number of aromatic amines is 1. The first-order chi connectivity index (χ1) is 12.6. The van der Waals surface area contributed by atoms with Gasteiger partial charge in [-0.25, -0.2) is 9.78 Å². The maximum absolute atomic E-state index is 12.0. The highest BCUT2D eigenvalue weighted by atomic mass is 32.2. The molecule has 0 atom stereocenters. The second-order valence-corrected chi connectivity index (χ2v) is 6.03. The van der Waals surface area contributed by atoms with Crippen molar-refractivity contribution in [3.05, 3.63) is 35.7 Å². The van der Waals surface area contributed by atoms with Gasteiger partial charge in [0, 0.05) is 12.7 Å². The molecule has 1 aromatic carbocycles. The third kappa shape index (κ3) is 5.41. The van der Waals surface area contributed by atoms with Gasteiger partial charge in [-0.15, -0.1) is 0 Å². The molecule has 0 bridgehead atoms. The second kappa shape index (κ2) is 9.71. The molecule has 0 aliphatic carbocycles. The van der Waals surface area contributed by atoms with Gasteiger partial charge in [0.2, 0.25) is 5.91 Å². The van der Waals surface area contributed by atoms with Crippen molar-refractivity contribution in [3.8, 4) is 11.5 Å². The molecule has 1 aromatic heterocycles. The molecule has 2 N–H and O–H groups in total. The van der Waals surface area contributed by atoms with E-state index in [2.05, 4.69) is 15.3 Å². The number of thioether (sulfide) groups is 1. The van der Waals surface area contributed by atoms with Gasteiger partial charge < -0.3 is 24.5 Å². The summed E-state index contributed by atoms with van der Waals surface area (Å²) < 4.78 is 15.3. The number of ether oxygens (including phenoxy) is 3. The van der Waals surface area contributed by atoms with Crippen molar-refractivity contribution in [1.29, 1.82) is 0 Å². The van der Waals surface area contributed by atoms with Crippen LogP contribution in [0.2, 0.25) is 0 Å². The Hall–Kier alpha value is -2.68. The van der Waals surface area contributed by atoms with Crippen molar-refractivity contribution in [1.82, 2.24) is 15.3 Å². The third-order valence-electron chi connectivity index (χ3n) is 3.32. The number of methoxy groups -OCH3 is 2. The number of aromatic nitrogens is 2. The SMILES string of the molecule is CCOC(=O)c1c[nH]c(SCC(=O)NCc2ccc(OC)c(OC)c2)n1. The van der Waals surface area contributed by atoms with E-state index in [1.54, 1.807) is 27.2 Å². The Morgan fingerprint density at radius 2 is 2.00 bits per heavy atom. The van der Waals surface area contributed by atoms with E-state index >= 15 is 0 Å². The fourth-order valence-corrected chi connectivity index (χ4v) is 2.74. The summed E-state index contributed by atoms with van der Waals surface area (Å²) in [5.41, 5.74) is 1.09. The highest BCUT2D eigenvalue weighted by molar-refractivity contribution is 7.99. The Morgan fingerprint density at radius 1 is 1.23 bits per heavy atom. The number of esters is 1. The Labute approximate surface area is 155 Å². The number of imidazole rings is 1. The summed E-state index contributed by atoms with van der Waals surface area (Å²) >= 11 is 1.20. The number of H-pyrrole nitrogens is 1. The van der Waals surface area contributed by atoms with Crippen LogP contribution in [0.4, 0.5) is 0 Å². The zero-order chi connectivity index (χ0) is 18.9. The van der Waals surface area contributed by atoms with E-state index in [-0.39, 0.29) is 24.0 Å². The van der Waals surface area contributed by atoms with Crippen LogP contribution in [0.5, 0.6) is 11.5 Å².